The van der Waals surface area contributed by atoms with Crippen molar-refractivity contribution in [2.45, 2.75) is 30.9 Å². The van der Waals surface area contributed by atoms with Crippen molar-refractivity contribution in [3.63, 3.8) is 0 Å². The van der Waals surface area contributed by atoms with Gasteiger partial charge in [-0.05, 0) is 12.0 Å². The highest BCUT2D eigenvalue weighted by molar-refractivity contribution is 5.68. The number of carbonyl (C=O) groups excluding carboxylic acids is 1. The first-order chi connectivity index (χ1) is 9.98. The van der Waals surface area contributed by atoms with Crippen LogP contribution in [0.5, 0.6) is 0 Å². The molecule has 1 atom stereocenters. The summed E-state index contributed by atoms with van der Waals surface area (Å²) in [6.07, 6.45) is -0.0985. The van der Waals surface area contributed by atoms with E-state index in [1.807, 2.05) is 30.3 Å². The molecule has 2 aliphatic rings. The minimum Gasteiger partial charge on any atom is -0.445 e. The van der Waals surface area contributed by atoms with Gasteiger partial charge < -0.3 is 15.0 Å². The van der Waals surface area contributed by atoms with Gasteiger partial charge in [0.25, 0.3) is 5.92 Å². The van der Waals surface area contributed by atoms with Gasteiger partial charge in [0.15, 0.2) is 0 Å². The normalized spacial score (nSPS) is 27.2. The largest absolute Gasteiger partial charge is 0.445 e. The summed E-state index contributed by atoms with van der Waals surface area (Å²) in [6, 6.07) is 9.38. The molecule has 1 spiro atoms. The van der Waals surface area contributed by atoms with Gasteiger partial charge in [0.05, 0.1) is 6.54 Å². The molecule has 0 aliphatic carbocycles. The quantitative estimate of drug-likeness (QED) is 0.911. The third kappa shape index (κ3) is 3.15. The van der Waals surface area contributed by atoms with E-state index in [0.29, 0.717) is 13.0 Å². The van der Waals surface area contributed by atoms with Crippen LogP contribution in [0.25, 0.3) is 0 Å². The molecule has 4 nitrogen and oxygen atoms in total. The molecule has 0 saturated carbocycles. The summed E-state index contributed by atoms with van der Waals surface area (Å²) in [5, 5.41) is 2.88. The number of alkyl halides is 2. The van der Waals surface area contributed by atoms with Crippen LogP contribution in [-0.4, -0.2) is 42.1 Å². The average Bonchev–Trinajstić information content (AvgIpc) is 3.01. The Labute approximate surface area is 122 Å². The van der Waals surface area contributed by atoms with Gasteiger partial charge in [-0.25, -0.2) is 13.6 Å². The number of benzene rings is 1. The molecule has 2 fully saturated rings. The van der Waals surface area contributed by atoms with Crippen LogP contribution < -0.4 is 5.32 Å². The molecule has 6 heteroatoms. The number of amides is 1. The summed E-state index contributed by atoms with van der Waals surface area (Å²) in [5.41, 5.74) is 0.264. The minimum absolute atomic E-state index is 0.201. The topological polar surface area (TPSA) is 41.6 Å². The van der Waals surface area contributed by atoms with E-state index in [-0.39, 0.29) is 26.1 Å². The van der Waals surface area contributed by atoms with E-state index < -0.39 is 17.6 Å². The maximum absolute atomic E-state index is 13.3. The van der Waals surface area contributed by atoms with Crippen LogP contribution in [-0.2, 0) is 11.3 Å². The second-order valence-corrected chi connectivity index (χ2v) is 5.88. The predicted octanol–water partition coefficient (Wildman–Crippen LogP) is 2.40. The number of nitrogens with one attached hydrogen (secondary N) is 1. The van der Waals surface area contributed by atoms with E-state index in [1.54, 1.807) is 0 Å². The number of hydrogen-bond donors (Lipinski definition) is 1. The fourth-order valence-corrected chi connectivity index (χ4v) is 3.06. The van der Waals surface area contributed by atoms with E-state index in [4.69, 9.17) is 4.74 Å². The molecule has 0 aromatic heterocycles. The van der Waals surface area contributed by atoms with Crippen LogP contribution >= 0.6 is 0 Å². The highest BCUT2D eigenvalue weighted by Gasteiger charge is 2.52. The van der Waals surface area contributed by atoms with Gasteiger partial charge in [-0.1, -0.05) is 30.3 Å². The molecule has 2 heterocycles. The molecule has 0 bridgehead atoms. The highest BCUT2D eigenvalue weighted by atomic mass is 19.3. The summed E-state index contributed by atoms with van der Waals surface area (Å²) in [4.78, 5) is 13.5. The minimum atomic E-state index is -2.68. The molecule has 2 saturated heterocycles. The van der Waals surface area contributed by atoms with Gasteiger partial charge in [-0.15, -0.1) is 0 Å². The lowest BCUT2D eigenvalue weighted by Gasteiger charge is -2.23. The van der Waals surface area contributed by atoms with Gasteiger partial charge in [0, 0.05) is 25.0 Å². The lowest BCUT2D eigenvalue weighted by Crippen LogP contribution is -2.43. The van der Waals surface area contributed by atoms with Crippen molar-refractivity contribution in [2.75, 3.05) is 19.6 Å². The Morgan fingerprint density at radius 3 is 2.76 bits per heavy atom. The predicted molar refractivity (Wildman–Crippen MR) is 73.1 cm³/mol. The second-order valence-electron chi connectivity index (χ2n) is 5.88. The van der Waals surface area contributed by atoms with Crippen molar-refractivity contribution in [3.05, 3.63) is 35.9 Å². The molecular formula is C15H18F2N2O2. The summed E-state index contributed by atoms with van der Waals surface area (Å²) in [5.74, 6) is -2.68. The third-order valence-corrected chi connectivity index (χ3v) is 4.14. The molecule has 1 unspecified atom stereocenters. The van der Waals surface area contributed by atoms with E-state index in [1.165, 1.54) is 4.90 Å². The van der Waals surface area contributed by atoms with Crippen molar-refractivity contribution in [1.29, 1.82) is 0 Å². The first-order valence-corrected chi connectivity index (χ1v) is 7.07. The SMILES string of the molecule is O=C(OCc1ccccc1)N1CCC2(C1)CC(F)(F)CN2. The van der Waals surface area contributed by atoms with Gasteiger partial charge in [-0.3, -0.25) is 0 Å². The van der Waals surface area contributed by atoms with Crippen molar-refractivity contribution in [3.8, 4) is 0 Å². The molecule has 114 valence electrons. The Balaban J connectivity index is 1.53. The number of nitrogens with zero attached hydrogens (tertiary/aromatic N) is 1. The number of carbonyl (C=O) groups is 1. The Kier molecular flexibility index (Phi) is 3.57. The third-order valence-electron chi connectivity index (χ3n) is 4.14. The maximum atomic E-state index is 13.3. The van der Waals surface area contributed by atoms with Crippen LogP contribution in [0.4, 0.5) is 13.6 Å². The molecule has 21 heavy (non-hydrogen) atoms. The molecule has 3 rings (SSSR count). The monoisotopic (exact) mass is 296 g/mol. The average molecular weight is 296 g/mol. The van der Waals surface area contributed by atoms with Crippen LogP contribution in [0.2, 0.25) is 0 Å². The number of ether oxygens (including phenoxy) is 1. The summed E-state index contributed by atoms with van der Waals surface area (Å²) < 4.78 is 31.9. The Morgan fingerprint density at radius 2 is 2.10 bits per heavy atom. The van der Waals surface area contributed by atoms with Gasteiger partial charge in [-0.2, -0.15) is 0 Å². The van der Waals surface area contributed by atoms with E-state index >= 15 is 0 Å². The first-order valence-electron chi connectivity index (χ1n) is 7.07. The Bertz CT molecular complexity index is 524. The summed E-state index contributed by atoms with van der Waals surface area (Å²) in [6.45, 7) is 0.638. The molecule has 1 aromatic carbocycles. The van der Waals surface area contributed by atoms with E-state index in [9.17, 15) is 13.6 Å². The van der Waals surface area contributed by atoms with Crippen molar-refractivity contribution in [1.82, 2.24) is 10.2 Å². The molecule has 1 aromatic rings. The molecule has 1 N–H and O–H groups in total. The van der Waals surface area contributed by atoms with Gasteiger partial charge in [0.1, 0.15) is 6.61 Å². The summed E-state index contributed by atoms with van der Waals surface area (Å²) >= 11 is 0. The van der Waals surface area contributed by atoms with Crippen molar-refractivity contribution >= 4 is 6.09 Å². The number of likely N-dealkylation sites (tertiary alicyclic amines) is 1. The number of halogens is 2. The second kappa shape index (κ2) is 5.26. The summed E-state index contributed by atoms with van der Waals surface area (Å²) in [7, 11) is 0. The number of rotatable bonds is 2. The molecule has 2 aliphatic heterocycles. The van der Waals surface area contributed by atoms with Crippen molar-refractivity contribution in [2.24, 2.45) is 0 Å². The van der Waals surface area contributed by atoms with Gasteiger partial charge >= 0.3 is 6.09 Å². The van der Waals surface area contributed by atoms with Crippen LogP contribution in [0.15, 0.2) is 30.3 Å². The fraction of sp³-hybridized carbons (Fsp3) is 0.533. The van der Waals surface area contributed by atoms with Gasteiger partial charge in [0.2, 0.25) is 0 Å². The Morgan fingerprint density at radius 1 is 1.33 bits per heavy atom. The molecule has 0 radical (unpaired) electrons. The number of hydrogen-bond acceptors (Lipinski definition) is 3. The standard InChI is InChI=1S/C15H18F2N2O2/c16-15(17)9-14(18-10-15)6-7-19(11-14)13(20)21-8-12-4-2-1-3-5-12/h1-5,18H,6-11H2. The lowest BCUT2D eigenvalue weighted by molar-refractivity contribution is 0.0160. The van der Waals surface area contributed by atoms with Crippen LogP contribution in [0, 0.1) is 0 Å². The zero-order chi connectivity index (χ0) is 14.9. The lowest BCUT2D eigenvalue weighted by atomic mass is 9.96. The zero-order valence-electron chi connectivity index (χ0n) is 11.6. The zero-order valence-corrected chi connectivity index (χ0v) is 11.6. The molecular weight excluding hydrogens is 278 g/mol. The highest BCUT2D eigenvalue weighted by Crippen LogP contribution is 2.38. The fourth-order valence-electron chi connectivity index (χ4n) is 3.06. The Hall–Kier alpha value is -1.69. The maximum Gasteiger partial charge on any atom is 0.410 e. The van der Waals surface area contributed by atoms with Crippen molar-refractivity contribution < 1.29 is 18.3 Å². The first kappa shape index (κ1) is 14.3. The molecule has 1 amide bonds. The smallest absolute Gasteiger partial charge is 0.410 e. The van der Waals surface area contributed by atoms with E-state index in [0.717, 1.165) is 5.56 Å². The van der Waals surface area contributed by atoms with E-state index in [2.05, 4.69) is 5.32 Å². The van der Waals surface area contributed by atoms with Crippen LogP contribution in [0.3, 0.4) is 0 Å². The van der Waals surface area contributed by atoms with Crippen LogP contribution in [0.1, 0.15) is 18.4 Å².